The van der Waals surface area contributed by atoms with E-state index in [9.17, 15) is 30.4 Å². The van der Waals surface area contributed by atoms with Crippen molar-refractivity contribution in [3.05, 3.63) is 34.9 Å². The summed E-state index contributed by atoms with van der Waals surface area (Å²) in [5, 5.41) is 51.0. The molecule has 0 saturated carbocycles. The molecule has 3 fully saturated rings. The standard InChI is InChI=1S/C31H54N3O10P/c1-17(2)7-5-8-18(3)9-6-10-19(4)11-12-34-15-22-26(37)21(36)14-25(41-22)43-29-20(32)13-24(33)45(40)31(29)44-30-28(39)27(38)23(16-35)42-30/h7,9,11-12,20-31,35-40H,5-6,8,10,13-16,32-33H2,1-4H3/b18-9+,19-11+,34-12-. The third kappa shape index (κ3) is 11.2. The summed E-state index contributed by atoms with van der Waals surface area (Å²) in [6.45, 7) is 7.93. The molecule has 0 aliphatic carbocycles. The van der Waals surface area contributed by atoms with E-state index in [1.807, 2.05) is 13.0 Å². The Morgan fingerprint density at radius 2 is 1.58 bits per heavy atom. The zero-order valence-electron chi connectivity index (χ0n) is 26.8. The number of aliphatic imine (C=N–C) groups is 1. The van der Waals surface area contributed by atoms with Crippen molar-refractivity contribution in [1.82, 2.24) is 0 Å². The molecule has 10 N–H and O–H groups in total. The first-order chi connectivity index (χ1) is 21.3. The lowest BCUT2D eigenvalue weighted by molar-refractivity contribution is -0.280. The van der Waals surface area contributed by atoms with E-state index >= 15 is 0 Å². The largest absolute Gasteiger partial charge is 0.394 e. The summed E-state index contributed by atoms with van der Waals surface area (Å²) < 4.78 is 23.4. The van der Waals surface area contributed by atoms with Gasteiger partial charge >= 0.3 is 0 Å². The number of aliphatic hydroxyl groups excluding tert-OH is 5. The van der Waals surface area contributed by atoms with Gasteiger partial charge in [-0.05, 0) is 65.9 Å². The van der Waals surface area contributed by atoms with Crippen LogP contribution in [0.1, 0.15) is 66.2 Å². The van der Waals surface area contributed by atoms with Crippen LogP contribution in [0.15, 0.2) is 39.9 Å². The van der Waals surface area contributed by atoms with Crippen LogP contribution in [0, 0.1) is 0 Å². The molecule has 0 radical (unpaired) electrons. The number of nitrogens with zero attached hydrogens (tertiary/aromatic N) is 1. The monoisotopic (exact) mass is 659 g/mol. The van der Waals surface area contributed by atoms with E-state index < -0.39 is 87.7 Å². The van der Waals surface area contributed by atoms with Crippen molar-refractivity contribution in [2.24, 2.45) is 16.5 Å². The van der Waals surface area contributed by atoms with Crippen molar-refractivity contribution in [3.63, 3.8) is 0 Å². The smallest absolute Gasteiger partial charge is 0.187 e. The number of nitrogens with two attached hydrogens (primary N) is 2. The Morgan fingerprint density at radius 3 is 2.24 bits per heavy atom. The normalized spacial score (nSPS) is 39.9. The molecule has 3 aliphatic rings. The maximum absolute atomic E-state index is 10.9. The maximum Gasteiger partial charge on any atom is 0.187 e. The molecule has 0 bridgehead atoms. The van der Waals surface area contributed by atoms with Gasteiger partial charge in [-0.2, -0.15) is 0 Å². The van der Waals surface area contributed by atoms with Crippen LogP contribution >= 0.6 is 8.15 Å². The van der Waals surface area contributed by atoms with Crippen molar-refractivity contribution < 1.29 is 49.4 Å². The van der Waals surface area contributed by atoms with Gasteiger partial charge in [0, 0.05) is 18.7 Å². The first-order valence-corrected chi connectivity index (χ1v) is 17.1. The minimum atomic E-state index is -2.03. The number of allylic oxidation sites excluding steroid dienone is 6. The van der Waals surface area contributed by atoms with Crippen LogP contribution in [0.4, 0.5) is 0 Å². The van der Waals surface area contributed by atoms with Gasteiger partial charge in [0.05, 0.1) is 33.2 Å². The van der Waals surface area contributed by atoms with Crippen LogP contribution < -0.4 is 11.5 Å². The molecule has 0 aromatic carbocycles. The summed E-state index contributed by atoms with van der Waals surface area (Å²) in [6, 6.07) is -0.707. The topological polar surface area (TPSA) is 223 Å². The Balaban J connectivity index is 1.57. The lowest BCUT2D eigenvalue weighted by Gasteiger charge is -2.45. The molecular weight excluding hydrogens is 605 g/mol. The Bertz CT molecular complexity index is 1040. The van der Waals surface area contributed by atoms with Gasteiger partial charge in [-0.3, -0.25) is 4.99 Å². The molecule has 0 aromatic rings. The van der Waals surface area contributed by atoms with Crippen molar-refractivity contribution in [2.45, 2.75) is 139 Å². The van der Waals surface area contributed by atoms with Crippen LogP contribution in [-0.4, -0.2) is 123 Å². The van der Waals surface area contributed by atoms with Gasteiger partial charge in [0.25, 0.3) is 0 Å². The SMILES string of the molecule is CC(C)=CCC/C(C)=C/CC/C(C)=C/C=N\CC1OC(OC2C(N)CC(N)P(O)C2OC2OC(CO)C(O)C2O)CC(O)C1O. The van der Waals surface area contributed by atoms with Crippen LogP contribution in [0.5, 0.6) is 0 Å². The van der Waals surface area contributed by atoms with Crippen molar-refractivity contribution in [3.8, 4) is 0 Å². The number of rotatable bonds is 14. The summed E-state index contributed by atoms with van der Waals surface area (Å²) in [5.74, 6) is -1.83. The zero-order chi connectivity index (χ0) is 33.3. The van der Waals surface area contributed by atoms with E-state index in [-0.39, 0.29) is 19.4 Å². The van der Waals surface area contributed by atoms with Crippen LogP contribution in [-0.2, 0) is 18.9 Å². The molecule has 13 atom stereocenters. The average Bonchev–Trinajstić information content (AvgIpc) is 3.25. The van der Waals surface area contributed by atoms with Crippen LogP contribution in [0.25, 0.3) is 0 Å². The fourth-order valence-electron chi connectivity index (χ4n) is 5.49. The van der Waals surface area contributed by atoms with E-state index in [4.69, 9.17) is 30.4 Å². The first kappa shape index (κ1) is 38.3. The fourth-order valence-corrected chi connectivity index (χ4v) is 7.16. The minimum absolute atomic E-state index is 0.0686. The Hall–Kier alpha value is -1.16. The highest BCUT2D eigenvalue weighted by atomic mass is 31.1. The summed E-state index contributed by atoms with van der Waals surface area (Å²) in [4.78, 5) is 15.3. The molecule has 3 heterocycles. The van der Waals surface area contributed by atoms with Crippen molar-refractivity contribution in [2.75, 3.05) is 13.2 Å². The van der Waals surface area contributed by atoms with E-state index in [0.717, 1.165) is 31.3 Å². The number of ether oxygens (including phenoxy) is 4. The van der Waals surface area contributed by atoms with Gasteiger partial charge in [-0.25, -0.2) is 0 Å². The van der Waals surface area contributed by atoms with Gasteiger partial charge < -0.3 is 60.8 Å². The summed E-state index contributed by atoms with van der Waals surface area (Å²) in [7, 11) is -2.03. The number of hydrogen-bond acceptors (Lipinski definition) is 13. The second-order valence-electron chi connectivity index (χ2n) is 12.5. The molecule has 3 saturated heterocycles. The fraction of sp³-hybridized carbons (Fsp3) is 0.774. The van der Waals surface area contributed by atoms with Gasteiger partial charge in [-0.15, -0.1) is 0 Å². The predicted molar refractivity (Wildman–Crippen MR) is 171 cm³/mol. The Kier molecular flexibility index (Phi) is 15.7. The number of hydrogen-bond donors (Lipinski definition) is 8. The number of aliphatic hydroxyl groups is 5. The molecule has 3 aliphatic heterocycles. The van der Waals surface area contributed by atoms with Crippen molar-refractivity contribution in [1.29, 1.82) is 0 Å². The predicted octanol–water partition coefficient (Wildman–Crippen LogP) is 0.885. The quantitative estimate of drug-likeness (QED) is 0.0740. The van der Waals surface area contributed by atoms with E-state index in [1.54, 1.807) is 6.21 Å². The lowest BCUT2D eigenvalue weighted by Crippen LogP contribution is -2.58. The van der Waals surface area contributed by atoms with E-state index in [2.05, 4.69) is 37.9 Å². The van der Waals surface area contributed by atoms with Crippen molar-refractivity contribution >= 4 is 14.4 Å². The highest BCUT2D eigenvalue weighted by Crippen LogP contribution is 2.50. The molecule has 0 spiro atoms. The first-order valence-electron chi connectivity index (χ1n) is 15.7. The second-order valence-corrected chi connectivity index (χ2v) is 14.4. The molecule has 0 amide bonds. The van der Waals surface area contributed by atoms with Gasteiger partial charge in [-0.1, -0.05) is 28.9 Å². The Labute approximate surface area is 267 Å². The second kappa shape index (κ2) is 18.4. The molecule has 258 valence electrons. The maximum atomic E-state index is 10.9. The molecule has 13 nitrogen and oxygen atoms in total. The molecule has 0 aromatic heterocycles. The molecular formula is C31H54N3O10P. The molecule has 3 rings (SSSR count). The van der Waals surface area contributed by atoms with Gasteiger partial charge in [0.1, 0.15) is 42.5 Å². The van der Waals surface area contributed by atoms with Gasteiger partial charge in [0.2, 0.25) is 0 Å². The highest BCUT2D eigenvalue weighted by molar-refractivity contribution is 7.53. The van der Waals surface area contributed by atoms with Crippen LogP contribution in [0.2, 0.25) is 0 Å². The minimum Gasteiger partial charge on any atom is -0.394 e. The third-order valence-electron chi connectivity index (χ3n) is 8.31. The lowest BCUT2D eigenvalue weighted by atomic mass is 10.0. The average molecular weight is 660 g/mol. The van der Waals surface area contributed by atoms with E-state index in [0.29, 0.717) is 0 Å². The molecule has 45 heavy (non-hydrogen) atoms. The van der Waals surface area contributed by atoms with E-state index in [1.165, 1.54) is 11.1 Å². The summed E-state index contributed by atoms with van der Waals surface area (Å²) >= 11 is 0. The van der Waals surface area contributed by atoms with Crippen LogP contribution in [0.3, 0.4) is 0 Å². The third-order valence-corrected chi connectivity index (χ3v) is 10.1. The molecule has 14 heteroatoms. The Morgan fingerprint density at radius 1 is 0.889 bits per heavy atom. The highest BCUT2D eigenvalue weighted by Gasteiger charge is 2.51. The van der Waals surface area contributed by atoms with Gasteiger partial charge in [0.15, 0.2) is 12.6 Å². The zero-order valence-corrected chi connectivity index (χ0v) is 27.7. The summed E-state index contributed by atoms with van der Waals surface area (Å²) in [6.07, 6.45) is 1.65. The summed E-state index contributed by atoms with van der Waals surface area (Å²) in [5.41, 5.74) is 16.3. The molecule has 13 unspecified atom stereocenters.